The summed E-state index contributed by atoms with van der Waals surface area (Å²) in [5.41, 5.74) is 1.19. The predicted octanol–water partition coefficient (Wildman–Crippen LogP) is 3.42. The molecule has 2 rings (SSSR count). The van der Waals surface area contributed by atoms with Crippen molar-refractivity contribution < 1.29 is 24.5 Å². The second-order valence-electron chi connectivity index (χ2n) is 4.24. The predicted molar refractivity (Wildman–Crippen MR) is 78.8 cm³/mol. The van der Waals surface area contributed by atoms with Crippen LogP contribution in [0.4, 0.5) is 0 Å². The molecule has 0 atom stereocenters. The molecule has 6 heteroatoms. The Morgan fingerprint density at radius 1 is 0.952 bits per heavy atom. The summed E-state index contributed by atoms with van der Waals surface area (Å²) >= 11 is 3.25. The van der Waals surface area contributed by atoms with Crippen LogP contribution in [0.3, 0.4) is 0 Å². The molecule has 0 aliphatic rings. The van der Waals surface area contributed by atoms with Gasteiger partial charge in [-0.3, -0.25) is 0 Å². The largest absolute Gasteiger partial charge is 0.488 e. The number of halogens is 1. The lowest BCUT2D eigenvalue weighted by molar-refractivity contribution is 0.0686. The van der Waals surface area contributed by atoms with Crippen molar-refractivity contribution in [1.29, 1.82) is 0 Å². The highest BCUT2D eigenvalue weighted by molar-refractivity contribution is 9.10. The number of rotatable bonds is 5. The molecular weight excluding hydrogens is 340 g/mol. The maximum atomic E-state index is 10.8. The van der Waals surface area contributed by atoms with Crippen LogP contribution < -0.4 is 4.74 Å². The van der Waals surface area contributed by atoms with Gasteiger partial charge in [0.05, 0.1) is 15.6 Å². The summed E-state index contributed by atoms with van der Waals surface area (Å²) in [4.78, 5) is 21.6. The Labute approximate surface area is 128 Å². The Bertz CT molecular complexity index is 679. The normalized spacial score (nSPS) is 10.1. The van der Waals surface area contributed by atoms with Gasteiger partial charge in [0.1, 0.15) is 12.4 Å². The van der Waals surface area contributed by atoms with Crippen LogP contribution in [0, 0.1) is 0 Å². The fourth-order valence-corrected chi connectivity index (χ4v) is 2.15. The fraction of sp³-hybridized carbons (Fsp3) is 0.0667. The van der Waals surface area contributed by atoms with Gasteiger partial charge in [0, 0.05) is 0 Å². The Kier molecular flexibility index (Phi) is 4.59. The van der Waals surface area contributed by atoms with Crippen LogP contribution in [0.15, 0.2) is 46.9 Å². The minimum absolute atomic E-state index is 0.167. The third-order valence-electron chi connectivity index (χ3n) is 2.77. The minimum Gasteiger partial charge on any atom is -0.488 e. The quantitative estimate of drug-likeness (QED) is 0.862. The molecule has 0 aliphatic carbocycles. The van der Waals surface area contributed by atoms with E-state index < -0.39 is 11.9 Å². The maximum absolute atomic E-state index is 10.8. The van der Waals surface area contributed by atoms with E-state index in [1.54, 1.807) is 18.2 Å². The fourth-order valence-electron chi connectivity index (χ4n) is 1.66. The third-order valence-corrected chi connectivity index (χ3v) is 3.39. The molecular formula is C15H11BrO5. The molecule has 0 radical (unpaired) electrons. The number of carboxylic acid groups (broad SMARTS) is 2. The zero-order chi connectivity index (χ0) is 15.4. The molecule has 0 aliphatic heterocycles. The van der Waals surface area contributed by atoms with Crippen molar-refractivity contribution in [2.75, 3.05) is 0 Å². The molecule has 0 saturated heterocycles. The Morgan fingerprint density at radius 3 is 2.05 bits per heavy atom. The zero-order valence-corrected chi connectivity index (χ0v) is 12.3. The van der Waals surface area contributed by atoms with Crippen LogP contribution in [0.2, 0.25) is 0 Å². The second kappa shape index (κ2) is 6.41. The second-order valence-corrected chi connectivity index (χ2v) is 5.10. The lowest BCUT2D eigenvalue weighted by Crippen LogP contribution is -2.00. The molecule has 0 aromatic heterocycles. The Morgan fingerprint density at radius 2 is 1.52 bits per heavy atom. The first-order valence-electron chi connectivity index (χ1n) is 5.95. The highest BCUT2D eigenvalue weighted by Crippen LogP contribution is 2.26. The number of benzene rings is 2. The van der Waals surface area contributed by atoms with Gasteiger partial charge in [-0.2, -0.15) is 0 Å². The van der Waals surface area contributed by atoms with E-state index in [4.69, 9.17) is 14.9 Å². The molecule has 21 heavy (non-hydrogen) atoms. The minimum atomic E-state index is -1.01. The van der Waals surface area contributed by atoms with Gasteiger partial charge in [0.2, 0.25) is 0 Å². The number of ether oxygens (including phenoxy) is 1. The van der Waals surface area contributed by atoms with Gasteiger partial charge in [-0.25, -0.2) is 9.59 Å². The van der Waals surface area contributed by atoms with Crippen molar-refractivity contribution in [2.45, 2.75) is 6.61 Å². The van der Waals surface area contributed by atoms with Crippen molar-refractivity contribution in [3.8, 4) is 5.75 Å². The molecule has 0 spiro atoms. The van der Waals surface area contributed by atoms with Gasteiger partial charge in [-0.1, -0.05) is 12.1 Å². The molecule has 2 aromatic rings. The standard InChI is InChI=1S/C15H11BrO5/c16-12-7-11(15(19)20)5-6-13(12)21-8-9-1-3-10(4-2-9)14(17)18/h1-7H,8H2,(H,17,18)(H,19,20). The smallest absolute Gasteiger partial charge is 0.335 e. The third kappa shape index (κ3) is 3.82. The lowest BCUT2D eigenvalue weighted by atomic mass is 10.1. The summed E-state index contributed by atoms with van der Waals surface area (Å²) in [5.74, 6) is -1.47. The molecule has 0 heterocycles. The van der Waals surface area contributed by atoms with Gasteiger partial charge in [0.25, 0.3) is 0 Å². The van der Waals surface area contributed by atoms with Crippen LogP contribution in [0.1, 0.15) is 26.3 Å². The highest BCUT2D eigenvalue weighted by Gasteiger charge is 2.08. The molecule has 0 unspecified atom stereocenters. The molecule has 5 nitrogen and oxygen atoms in total. The van der Waals surface area contributed by atoms with E-state index in [1.165, 1.54) is 24.3 Å². The van der Waals surface area contributed by atoms with Gasteiger partial charge in [-0.05, 0) is 51.8 Å². The maximum Gasteiger partial charge on any atom is 0.335 e. The van der Waals surface area contributed by atoms with Gasteiger partial charge < -0.3 is 14.9 Å². The van der Waals surface area contributed by atoms with E-state index in [1.807, 2.05) is 0 Å². The van der Waals surface area contributed by atoms with E-state index in [9.17, 15) is 9.59 Å². The number of hydrogen-bond acceptors (Lipinski definition) is 3. The first-order chi connectivity index (χ1) is 9.97. The van der Waals surface area contributed by atoms with Gasteiger partial charge in [-0.15, -0.1) is 0 Å². The van der Waals surface area contributed by atoms with Crippen molar-refractivity contribution in [3.05, 3.63) is 63.6 Å². The Hall–Kier alpha value is -2.34. The Balaban J connectivity index is 2.06. The van der Waals surface area contributed by atoms with Gasteiger partial charge >= 0.3 is 11.9 Å². The van der Waals surface area contributed by atoms with Crippen molar-refractivity contribution in [2.24, 2.45) is 0 Å². The van der Waals surface area contributed by atoms with Gasteiger partial charge in [0.15, 0.2) is 0 Å². The van der Waals surface area contributed by atoms with E-state index in [2.05, 4.69) is 15.9 Å². The average Bonchev–Trinajstić information content (AvgIpc) is 2.46. The number of carboxylic acids is 2. The summed E-state index contributed by atoms with van der Waals surface area (Å²) in [6.07, 6.45) is 0. The number of carbonyl (C=O) groups is 2. The molecule has 0 bridgehead atoms. The first-order valence-corrected chi connectivity index (χ1v) is 6.74. The van der Waals surface area contributed by atoms with E-state index in [0.29, 0.717) is 10.2 Å². The molecule has 2 N–H and O–H groups in total. The van der Waals surface area contributed by atoms with Crippen LogP contribution in [-0.4, -0.2) is 22.2 Å². The van der Waals surface area contributed by atoms with E-state index >= 15 is 0 Å². The van der Waals surface area contributed by atoms with Crippen molar-refractivity contribution in [3.63, 3.8) is 0 Å². The molecule has 0 saturated carbocycles. The van der Waals surface area contributed by atoms with Crippen molar-refractivity contribution in [1.82, 2.24) is 0 Å². The van der Waals surface area contributed by atoms with Crippen LogP contribution in [0.25, 0.3) is 0 Å². The van der Waals surface area contributed by atoms with Crippen LogP contribution in [-0.2, 0) is 6.61 Å². The molecule has 108 valence electrons. The molecule has 2 aromatic carbocycles. The van der Waals surface area contributed by atoms with Crippen LogP contribution in [0.5, 0.6) is 5.75 Å². The lowest BCUT2D eigenvalue weighted by Gasteiger charge is -2.09. The van der Waals surface area contributed by atoms with Crippen molar-refractivity contribution >= 4 is 27.9 Å². The van der Waals surface area contributed by atoms with Crippen LogP contribution >= 0.6 is 15.9 Å². The first kappa shape index (κ1) is 15.1. The summed E-state index contributed by atoms with van der Waals surface area (Å²) in [7, 11) is 0. The zero-order valence-electron chi connectivity index (χ0n) is 10.7. The van der Waals surface area contributed by atoms with E-state index in [-0.39, 0.29) is 17.7 Å². The summed E-state index contributed by atoms with van der Waals surface area (Å²) in [6, 6.07) is 10.8. The average molecular weight is 351 g/mol. The topological polar surface area (TPSA) is 83.8 Å². The molecule has 0 fully saturated rings. The summed E-state index contributed by atoms with van der Waals surface area (Å²) < 4.78 is 6.12. The summed E-state index contributed by atoms with van der Waals surface area (Å²) in [5, 5.41) is 17.7. The SMILES string of the molecule is O=C(O)c1ccc(COc2ccc(C(=O)O)cc2Br)cc1. The van der Waals surface area contributed by atoms with E-state index in [0.717, 1.165) is 5.56 Å². The number of aromatic carboxylic acids is 2. The monoisotopic (exact) mass is 350 g/mol. The summed E-state index contributed by atoms with van der Waals surface area (Å²) in [6.45, 7) is 0.255. The number of hydrogen-bond donors (Lipinski definition) is 2. The highest BCUT2D eigenvalue weighted by atomic mass is 79.9. The molecule has 0 amide bonds.